The van der Waals surface area contributed by atoms with Gasteiger partial charge in [0.25, 0.3) is 0 Å². The molecule has 0 aromatic heterocycles. The van der Waals surface area contributed by atoms with Gasteiger partial charge in [-0.2, -0.15) is 17.6 Å². The highest BCUT2D eigenvalue weighted by Crippen LogP contribution is 2.30. The van der Waals surface area contributed by atoms with Gasteiger partial charge < -0.3 is 24.5 Å². The molecule has 2 atom stereocenters. The molecule has 0 spiro atoms. The van der Waals surface area contributed by atoms with E-state index in [0.717, 1.165) is 12.1 Å². The number of alkyl halides is 4. The summed E-state index contributed by atoms with van der Waals surface area (Å²) in [5, 5.41) is 22.0. The van der Waals surface area contributed by atoms with Crippen molar-refractivity contribution in [2.45, 2.75) is 25.1 Å². The van der Waals surface area contributed by atoms with Crippen LogP contribution in [0.1, 0.15) is 27.6 Å². The highest BCUT2D eigenvalue weighted by Gasteiger charge is 2.44. The fraction of sp³-hybridized carbons (Fsp3) is 0.300. The van der Waals surface area contributed by atoms with E-state index in [1.54, 1.807) is 0 Å². The maximum Gasteiger partial charge on any atom is 0.461 e. The lowest BCUT2D eigenvalue weighted by molar-refractivity contribution is -0.314. The summed E-state index contributed by atoms with van der Waals surface area (Å²) < 4.78 is 59.2. The number of carboxylic acid groups (broad SMARTS) is 1. The number of carboxylic acids is 1. The lowest BCUT2D eigenvalue weighted by Gasteiger charge is -2.25. The Morgan fingerprint density at radius 1 is 1.13 bits per heavy atom. The number of hydrogen-bond acceptors (Lipinski definition) is 6. The van der Waals surface area contributed by atoms with E-state index in [1.165, 1.54) is 43.5 Å². The molecule has 0 aliphatic carbocycles. The topological polar surface area (TPSA) is 95.9 Å². The lowest BCUT2D eigenvalue weighted by Crippen LogP contribution is -2.36. The fourth-order valence-electron chi connectivity index (χ4n) is 2.68. The highest BCUT2D eigenvalue weighted by molar-refractivity contribution is 5.89. The van der Waals surface area contributed by atoms with Crippen LogP contribution < -0.4 is 9.84 Å². The van der Waals surface area contributed by atoms with Crippen LogP contribution >= 0.6 is 0 Å². The molecule has 0 fully saturated rings. The molecule has 0 bridgehead atoms. The van der Waals surface area contributed by atoms with Crippen molar-refractivity contribution < 1.29 is 46.8 Å². The molecule has 10 heteroatoms. The molecule has 0 radical (unpaired) electrons. The van der Waals surface area contributed by atoms with Crippen LogP contribution in [0.2, 0.25) is 0 Å². The summed E-state index contributed by atoms with van der Waals surface area (Å²) >= 11 is 0. The Hall–Kier alpha value is -3.14. The summed E-state index contributed by atoms with van der Waals surface area (Å²) in [7, 11) is 1.19. The van der Waals surface area contributed by atoms with Crippen LogP contribution in [-0.2, 0) is 16.0 Å². The smallest absolute Gasteiger partial charge is 0.461 e. The predicted octanol–water partition coefficient (Wildman–Crippen LogP) is 2.35. The Morgan fingerprint density at radius 2 is 1.77 bits per heavy atom. The normalized spacial score (nSPS) is 13.6. The van der Waals surface area contributed by atoms with Crippen molar-refractivity contribution in [2.75, 3.05) is 7.11 Å². The van der Waals surface area contributed by atoms with Crippen molar-refractivity contribution in [1.29, 1.82) is 0 Å². The number of hydrogen-bond donors (Lipinski definition) is 1. The zero-order chi connectivity index (χ0) is 22.5. The maximum atomic E-state index is 13.1. The second kappa shape index (κ2) is 9.57. The van der Waals surface area contributed by atoms with Gasteiger partial charge in [-0.3, -0.25) is 0 Å². The first-order valence-electron chi connectivity index (χ1n) is 8.56. The molecule has 1 N–H and O–H groups in total. The van der Waals surface area contributed by atoms with E-state index in [0.29, 0.717) is 0 Å². The van der Waals surface area contributed by atoms with Crippen molar-refractivity contribution in [3.8, 4) is 5.75 Å². The Morgan fingerprint density at radius 3 is 2.30 bits per heavy atom. The third kappa shape index (κ3) is 5.69. The Bertz CT molecular complexity index is 885. The van der Waals surface area contributed by atoms with Gasteiger partial charge in [-0.15, -0.1) is 0 Å². The number of carbonyl (C=O) groups excluding carboxylic acids is 2. The quantitative estimate of drug-likeness (QED) is 0.486. The van der Waals surface area contributed by atoms with E-state index in [1.807, 2.05) is 0 Å². The van der Waals surface area contributed by atoms with Crippen LogP contribution in [0, 0.1) is 5.92 Å². The number of carbonyl (C=O) groups is 2. The minimum absolute atomic E-state index is 0.136. The number of aliphatic hydroxyl groups is 1. The van der Waals surface area contributed by atoms with Gasteiger partial charge in [0.05, 0.1) is 18.8 Å². The largest absolute Gasteiger partial charge is 0.550 e. The predicted molar refractivity (Wildman–Crippen MR) is 93.0 cm³/mol. The van der Waals surface area contributed by atoms with Gasteiger partial charge in [0.15, 0.2) is 0 Å². The third-order valence-corrected chi connectivity index (χ3v) is 4.22. The standard InChI is InChI=1S/C20H18F4O6/c1-29-18(28)13-7-5-12(6-8-13)16(25)15(17(26)27)10-11-3-2-4-14(9-11)30-20(23,24)19(21)22/h2-9,15-16,19,25H,10H2,1H3,(H,26,27)/p-1. The molecule has 0 saturated heterocycles. The van der Waals surface area contributed by atoms with Crippen LogP contribution in [0.3, 0.4) is 0 Å². The molecule has 2 aromatic rings. The number of methoxy groups -OCH3 is 1. The molecule has 0 aliphatic rings. The van der Waals surface area contributed by atoms with Crippen molar-refractivity contribution in [2.24, 2.45) is 5.92 Å². The molecule has 0 aliphatic heterocycles. The van der Waals surface area contributed by atoms with Gasteiger partial charge >= 0.3 is 18.5 Å². The molecule has 0 saturated carbocycles. The summed E-state index contributed by atoms with van der Waals surface area (Å²) in [5.41, 5.74) is 0.480. The van der Waals surface area contributed by atoms with Gasteiger partial charge in [0.2, 0.25) is 0 Å². The van der Waals surface area contributed by atoms with Gasteiger partial charge in [0, 0.05) is 11.9 Å². The summed E-state index contributed by atoms with van der Waals surface area (Å²) in [5.74, 6) is -4.33. The zero-order valence-electron chi connectivity index (χ0n) is 15.6. The highest BCUT2D eigenvalue weighted by atomic mass is 19.3. The second-order valence-electron chi connectivity index (χ2n) is 6.30. The first kappa shape index (κ1) is 23.1. The van der Waals surface area contributed by atoms with Crippen LogP contribution in [0.4, 0.5) is 17.6 Å². The number of benzene rings is 2. The minimum atomic E-state index is -4.72. The van der Waals surface area contributed by atoms with E-state index in [4.69, 9.17) is 0 Å². The van der Waals surface area contributed by atoms with E-state index in [9.17, 15) is 37.4 Å². The van der Waals surface area contributed by atoms with Gasteiger partial charge in [-0.05, 0) is 41.8 Å². The van der Waals surface area contributed by atoms with E-state index in [-0.39, 0.29) is 23.1 Å². The number of halogens is 4. The molecule has 162 valence electrons. The van der Waals surface area contributed by atoms with Crippen LogP contribution in [0.25, 0.3) is 0 Å². The van der Waals surface area contributed by atoms with Crippen molar-refractivity contribution in [3.63, 3.8) is 0 Å². The molecular formula is C20H17F4O6-. The maximum absolute atomic E-state index is 13.1. The number of aliphatic hydroxyl groups excluding tert-OH is 1. The first-order chi connectivity index (χ1) is 14.0. The Labute approximate surface area is 168 Å². The Balaban J connectivity index is 2.20. The summed E-state index contributed by atoms with van der Waals surface area (Å²) in [6.07, 6.45) is -10.7. The van der Waals surface area contributed by atoms with Gasteiger partial charge in [-0.1, -0.05) is 24.3 Å². The molecule has 2 unspecified atom stereocenters. The fourth-order valence-corrected chi connectivity index (χ4v) is 2.68. The molecule has 0 amide bonds. The minimum Gasteiger partial charge on any atom is -0.550 e. The summed E-state index contributed by atoms with van der Waals surface area (Å²) in [6, 6.07) is 9.88. The second-order valence-corrected chi connectivity index (χ2v) is 6.30. The number of aliphatic carboxylic acids is 1. The molecular weight excluding hydrogens is 412 g/mol. The summed E-state index contributed by atoms with van der Waals surface area (Å²) in [6.45, 7) is 0. The van der Waals surface area contributed by atoms with Crippen molar-refractivity contribution >= 4 is 11.9 Å². The zero-order valence-corrected chi connectivity index (χ0v) is 15.6. The summed E-state index contributed by atoms with van der Waals surface area (Å²) in [4.78, 5) is 23.0. The Kier molecular flexibility index (Phi) is 7.38. The molecule has 2 rings (SSSR count). The van der Waals surface area contributed by atoms with Gasteiger partial charge in [-0.25, -0.2) is 4.79 Å². The van der Waals surface area contributed by atoms with Crippen LogP contribution in [0.15, 0.2) is 48.5 Å². The van der Waals surface area contributed by atoms with Crippen molar-refractivity contribution in [1.82, 2.24) is 0 Å². The average molecular weight is 429 g/mol. The SMILES string of the molecule is COC(=O)c1ccc(C(O)C(Cc2cccc(OC(F)(F)C(F)F)c2)C(=O)[O-])cc1. The monoisotopic (exact) mass is 429 g/mol. The van der Waals surface area contributed by atoms with Gasteiger partial charge in [0.1, 0.15) is 5.75 Å². The number of esters is 1. The molecule has 0 heterocycles. The molecule has 30 heavy (non-hydrogen) atoms. The average Bonchev–Trinajstić information content (AvgIpc) is 2.70. The molecule has 6 nitrogen and oxygen atoms in total. The number of rotatable bonds is 9. The van der Waals surface area contributed by atoms with Crippen molar-refractivity contribution in [3.05, 3.63) is 65.2 Å². The van der Waals surface area contributed by atoms with E-state index in [2.05, 4.69) is 9.47 Å². The van der Waals surface area contributed by atoms with E-state index < -0.39 is 42.2 Å². The lowest BCUT2D eigenvalue weighted by atomic mass is 9.89. The third-order valence-electron chi connectivity index (χ3n) is 4.22. The van der Waals surface area contributed by atoms with Crippen LogP contribution in [-0.4, -0.2) is 36.7 Å². The number of ether oxygens (including phenoxy) is 2. The first-order valence-corrected chi connectivity index (χ1v) is 8.56. The van der Waals surface area contributed by atoms with Crippen LogP contribution in [0.5, 0.6) is 5.75 Å². The molecule has 2 aromatic carbocycles. The van der Waals surface area contributed by atoms with E-state index >= 15 is 0 Å².